The van der Waals surface area contributed by atoms with Gasteiger partial charge in [0.1, 0.15) is 5.82 Å². The third-order valence-electron chi connectivity index (χ3n) is 6.18. The number of hydrogen-bond acceptors (Lipinski definition) is 5. The number of benzene rings is 2. The largest absolute Gasteiger partial charge is 0.340 e. The van der Waals surface area contributed by atoms with Crippen molar-refractivity contribution in [2.24, 2.45) is 11.8 Å². The quantitative estimate of drug-likeness (QED) is 0.724. The van der Waals surface area contributed by atoms with Gasteiger partial charge in [0.25, 0.3) is 0 Å². The molecule has 5 rings (SSSR count). The lowest BCUT2D eigenvalue weighted by Gasteiger charge is -2.23. The van der Waals surface area contributed by atoms with Crippen LogP contribution in [-0.2, 0) is 0 Å². The first kappa shape index (κ1) is 18.7. The number of nitriles is 1. The van der Waals surface area contributed by atoms with Crippen molar-refractivity contribution in [1.29, 1.82) is 5.26 Å². The third-order valence-corrected chi connectivity index (χ3v) is 6.18. The summed E-state index contributed by atoms with van der Waals surface area (Å²) in [5, 5.41) is 12.6. The van der Waals surface area contributed by atoms with Gasteiger partial charge < -0.3 is 10.2 Å². The van der Waals surface area contributed by atoms with Gasteiger partial charge in [-0.15, -0.1) is 0 Å². The molecule has 0 radical (unpaired) electrons. The molecule has 3 heterocycles. The van der Waals surface area contributed by atoms with Crippen LogP contribution < -0.4 is 10.2 Å². The minimum atomic E-state index is -0.274. The minimum Gasteiger partial charge on any atom is -0.340 e. The summed E-state index contributed by atoms with van der Waals surface area (Å²) in [5.74, 6) is 1.78. The molecule has 30 heavy (non-hydrogen) atoms. The summed E-state index contributed by atoms with van der Waals surface area (Å²) >= 11 is 0. The molecule has 1 aromatic heterocycles. The van der Waals surface area contributed by atoms with Gasteiger partial charge in [-0.2, -0.15) is 5.26 Å². The fourth-order valence-corrected chi connectivity index (χ4v) is 4.52. The van der Waals surface area contributed by atoms with Crippen molar-refractivity contribution in [2.75, 3.05) is 31.1 Å². The highest BCUT2D eigenvalue weighted by Gasteiger charge is 2.35. The number of nitrogens with zero attached hydrogens (tertiary/aromatic N) is 4. The van der Waals surface area contributed by atoms with Gasteiger partial charge in [0, 0.05) is 30.4 Å². The molecule has 2 fully saturated rings. The van der Waals surface area contributed by atoms with E-state index in [1.54, 1.807) is 24.3 Å². The van der Waals surface area contributed by atoms with Crippen molar-refractivity contribution in [1.82, 2.24) is 15.3 Å². The fourth-order valence-electron chi connectivity index (χ4n) is 4.52. The van der Waals surface area contributed by atoms with E-state index in [4.69, 9.17) is 10.2 Å². The molecule has 1 N–H and O–H groups in total. The average molecular weight is 399 g/mol. The number of hydrogen-bond donors (Lipinski definition) is 1. The van der Waals surface area contributed by atoms with E-state index in [1.165, 1.54) is 18.6 Å². The van der Waals surface area contributed by atoms with Gasteiger partial charge >= 0.3 is 0 Å². The van der Waals surface area contributed by atoms with Gasteiger partial charge in [0.15, 0.2) is 0 Å². The van der Waals surface area contributed by atoms with Gasteiger partial charge in [-0.25, -0.2) is 14.4 Å². The molecule has 6 heteroatoms. The average Bonchev–Trinajstić information content (AvgIpc) is 3.24. The maximum absolute atomic E-state index is 13.4. The van der Waals surface area contributed by atoms with E-state index in [0.717, 1.165) is 54.5 Å². The standard InChI is InChI=1S/C24H22FN5/c25-21-7-5-17(6-8-21)22-13-28-24(30-14-19-9-10-27-12-20(19)15-30)29-23(22)18-3-1-16(11-26)2-4-18/h1-8,13,19-20,27H,9-10,12,14-15H2. The maximum atomic E-state index is 13.4. The Morgan fingerprint density at radius 1 is 1.00 bits per heavy atom. The Labute approximate surface area is 175 Å². The molecule has 0 aliphatic carbocycles. The Morgan fingerprint density at radius 3 is 2.47 bits per heavy atom. The normalized spacial score (nSPS) is 20.6. The number of aromatic nitrogens is 2. The lowest BCUT2D eigenvalue weighted by Crippen LogP contribution is -2.35. The second-order valence-corrected chi connectivity index (χ2v) is 8.05. The van der Waals surface area contributed by atoms with E-state index in [0.29, 0.717) is 17.4 Å². The van der Waals surface area contributed by atoms with Crippen molar-refractivity contribution in [3.63, 3.8) is 0 Å². The van der Waals surface area contributed by atoms with Crippen LogP contribution in [0.3, 0.4) is 0 Å². The number of piperidine rings is 1. The van der Waals surface area contributed by atoms with Crippen LogP contribution in [0.5, 0.6) is 0 Å². The van der Waals surface area contributed by atoms with Crippen molar-refractivity contribution in [3.05, 3.63) is 66.1 Å². The first-order chi connectivity index (χ1) is 14.7. The predicted octanol–water partition coefficient (Wildman–Crippen LogP) is 3.87. The number of halogens is 1. The number of nitrogens with one attached hydrogen (secondary N) is 1. The lowest BCUT2D eigenvalue weighted by atomic mass is 9.90. The summed E-state index contributed by atoms with van der Waals surface area (Å²) in [6.45, 7) is 4.07. The van der Waals surface area contributed by atoms with Crippen LogP contribution in [0.25, 0.3) is 22.4 Å². The van der Waals surface area contributed by atoms with Crippen LogP contribution in [0.4, 0.5) is 10.3 Å². The molecule has 2 saturated heterocycles. The first-order valence-electron chi connectivity index (χ1n) is 10.3. The highest BCUT2D eigenvalue weighted by Crippen LogP contribution is 2.34. The lowest BCUT2D eigenvalue weighted by molar-refractivity contribution is 0.318. The summed E-state index contributed by atoms with van der Waals surface area (Å²) in [5.41, 5.74) is 4.02. The second-order valence-electron chi connectivity index (χ2n) is 8.05. The highest BCUT2D eigenvalue weighted by molar-refractivity contribution is 5.81. The maximum Gasteiger partial charge on any atom is 0.225 e. The molecule has 0 saturated carbocycles. The molecule has 2 atom stereocenters. The Balaban J connectivity index is 1.56. The highest BCUT2D eigenvalue weighted by atomic mass is 19.1. The van der Waals surface area contributed by atoms with Crippen LogP contribution in [-0.4, -0.2) is 36.1 Å². The molecule has 3 aromatic rings. The van der Waals surface area contributed by atoms with E-state index in [-0.39, 0.29) is 5.82 Å². The van der Waals surface area contributed by atoms with Crippen LogP contribution in [0.2, 0.25) is 0 Å². The first-order valence-corrected chi connectivity index (χ1v) is 10.3. The summed E-state index contributed by atoms with van der Waals surface area (Å²) in [7, 11) is 0. The third kappa shape index (κ3) is 3.53. The zero-order chi connectivity index (χ0) is 20.5. The van der Waals surface area contributed by atoms with Crippen LogP contribution in [0, 0.1) is 29.0 Å². The number of anilines is 1. The topological polar surface area (TPSA) is 64.8 Å². The van der Waals surface area contributed by atoms with Gasteiger partial charge in [-0.1, -0.05) is 24.3 Å². The molecule has 5 nitrogen and oxygen atoms in total. The predicted molar refractivity (Wildman–Crippen MR) is 114 cm³/mol. The molecule has 2 aliphatic heterocycles. The molecular formula is C24H22FN5. The zero-order valence-electron chi connectivity index (χ0n) is 16.6. The Hall–Kier alpha value is -3.30. The van der Waals surface area contributed by atoms with E-state index in [9.17, 15) is 4.39 Å². The van der Waals surface area contributed by atoms with Crippen LogP contribution >= 0.6 is 0 Å². The molecule has 0 amide bonds. The van der Waals surface area contributed by atoms with Crippen LogP contribution in [0.15, 0.2) is 54.7 Å². The molecule has 2 aliphatic rings. The smallest absolute Gasteiger partial charge is 0.225 e. The number of fused-ring (bicyclic) bond motifs is 1. The number of rotatable bonds is 3. The zero-order valence-corrected chi connectivity index (χ0v) is 16.6. The summed E-state index contributed by atoms with van der Waals surface area (Å²) in [6.07, 6.45) is 3.03. The molecule has 2 unspecified atom stereocenters. The van der Waals surface area contributed by atoms with E-state index >= 15 is 0 Å². The van der Waals surface area contributed by atoms with Gasteiger partial charge in [0.2, 0.25) is 5.95 Å². The second kappa shape index (κ2) is 7.85. The molecule has 0 bridgehead atoms. The molecule has 2 aromatic carbocycles. The van der Waals surface area contributed by atoms with Crippen molar-refractivity contribution < 1.29 is 4.39 Å². The molecule has 0 spiro atoms. The minimum absolute atomic E-state index is 0.274. The summed E-state index contributed by atoms with van der Waals surface area (Å²) < 4.78 is 13.4. The van der Waals surface area contributed by atoms with Crippen molar-refractivity contribution >= 4 is 5.95 Å². The van der Waals surface area contributed by atoms with E-state index in [2.05, 4.69) is 21.3 Å². The Morgan fingerprint density at radius 2 is 1.73 bits per heavy atom. The van der Waals surface area contributed by atoms with E-state index in [1.807, 2.05) is 18.3 Å². The van der Waals surface area contributed by atoms with Crippen molar-refractivity contribution in [2.45, 2.75) is 6.42 Å². The monoisotopic (exact) mass is 399 g/mol. The van der Waals surface area contributed by atoms with E-state index < -0.39 is 0 Å². The van der Waals surface area contributed by atoms with Gasteiger partial charge in [-0.05, 0) is 61.2 Å². The fraction of sp³-hybridized carbons (Fsp3) is 0.292. The molecule has 150 valence electrons. The van der Waals surface area contributed by atoms with Gasteiger partial charge in [0.05, 0.1) is 17.3 Å². The Kier molecular flexibility index (Phi) is 4.89. The SMILES string of the molecule is N#Cc1ccc(-c2nc(N3CC4CCNCC4C3)ncc2-c2ccc(F)cc2)cc1. The van der Waals surface area contributed by atoms with Crippen molar-refractivity contribution in [3.8, 4) is 28.5 Å². The summed E-state index contributed by atoms with van der Waals surface area (Å²) in [6, 6.07) is 15.9. The summed E-state index contributed by atoms with van der Waals surface area (Å²) in [4.78, 5) is 11.9. The van der Waals surface area contributed by atoms with Gasteiger partial charge in [-0.3, -0.25) is 0 Å². The van der Waals surface area contributed by atoms with Crippen LogP contribution in [0.1, 0.15) is 12.0 Å². The Bertz CT molecular complexity index is 1070. The molecular weight excluding hydrogens is 377 g/mol.